The second kappa shape index (κ2) is 11.8. The summed E-state index contributed by atoms with van der Waals surface area (Å²) >= 11 is 6.78. The highest BCUT2D eigenvalue weighted by molar-refractivity contribution is 6.35. The van der Waals surface area contributed by atoms with Crippen molar-refractivity contribution in [2.24, 2.45) is 5.41 Å². The van der Waals surface area contributed by atoms with Gasteiger partial charge >= 0.3 is 0 Å². The summed E-state index contributed by atoms with van der Waals surface area (Å²) in [4.78, 5) is 8.83. The first-order valence-corrected chi connectivity index (χ1v) is 13.9. The van der Waals surface area contributed by atoms with E-state index in [-0.39, 0.29) is 5.41 Å². The van der Waals surface area contributed by atoms with Crippen molar-refractivity contribution in [1.29, 1.82) is 5.26 Å². The molecule has 0 aliphatic rings. The van der Waals surface area contributed by atoms with Crippen molar-refractivity contribution in [1.82, 2.24) is 25.0 Å². The average Bonchev–Trinajstić information content (AvgIpc) is 3.47. The van der Waals surface area contributed by atoms with Crippen molar-refractivity contribution in [2.75, 3.05) is 31.0 Å². The molecule has 216 valence electrons. The van der Waals surface area contributed by atoms with E-state index in [1.165, 1.54) is 10.9 Å². The van der Waals surface area contributed by atoms with Gasteiger partial charge in [0.2, 0.25) is 5.88 Å². The van der Waals surface area contributed by atoms with Crippen LogP contribution in [0.25, 0.3) is 21.7 Å². The molecule has 0 aliphatic carbocycles. The fourth-order valence-corrected chi connectivity index (χ4v) is 5.05. The summed E-state index contributed by atoms with van der Waals surface area (Å²) in [6.45, 7) is 8.16. The molecule has 2 aromatic carbocycles. The Bertz CT molecular complexity index is 1790. The summed E-state index contributed by atoms with van der Waals surface area (Å²) in [5, 5.41) is 28.4. The molecule has 0 bridgehead atoms. The van der Waals surface area contributed by atoms with Crippen molar-refractivity contribution >= 4 is 44.7 Å². The molecule has 5 rings (SSSR count). The summed E-state index contributed by atoms with van der Waals surface area (Å²) in [7, 11) is 1.58. The van der Waals surface area contributed by atoms with Crippen LogP contribution >= 0.6 is 11.6 Å². The number of fused-ring (bicyclic) bond motifs is 2. The summed E-state index contributed by atoms with van der Waals surface area (Å²) in [5.74, 6) is 0.501. The van der Waals surface area contributed by atoms with Crippen LogP contribution in [0.5, 0.6) is 5.88 Å². The van der Waals surface area contributed by atoms with Crippen LogP contribution in [0, 0.1) is 16.7 Å². The Morgan fingerprint density at radius 3 is 2.67 bits per heavy atom. The number of ether oxygens (including phenoxy) is 1. The lowest BCUT2D eigenvalue weighted by Crippen LogP contribution is -2.20. The molecule has 5 aromatic rings. The van der Waals surface area contributed by atoms with Crippen molar-refractivity contribution < 1.29 is 9.13 Å². The molecule has 0 saturated heterocycles. The van der Waals surface area contributed by atoms with Gasteiger partial charge in [-0.3, -0.25) is 4.98 Å². The van der Waals surface area contributed by atoms with Crippen LogP contribution in [0.3, 0.4) is 0 Å². The Morgan fingerprint density at radius 1 is 1.14 bits per heavy atom. The molecule has 3 heterocycles. The van der Waals surface area contributed by atoms with E-state index in [0.717, 1.165) is 16.3 Å². The molecule has 0 spiro atoms. The lowest BCUT2D eigenvalue weighted by Gasteiger charge is -2.23. The number of methoxy groups -OCH3 is 1. The minimum atomic E-state index is -0.573. The first-order chi connectivity index (χ1) is 20.1. The van der Waals surface area contributed by atoms with Gasteiger partial charge in [-0.1, -0.05) is 49.7 Å². The monoisotopic (exact) mass is 586 g/mol. The number of hydrogen-bond acceptors (Lipinski definition) is 8. The van der Waals surface area contributed by atoms with E-state index in [2.05, 4.69) is 57.8 Å². The van der Waals surface area contributed by atoms with Crippen LogP contribution in [0.1, 0.15) is 56.6 Å². The van der Waals surface area contributed by atoms with Crippen LogP contribution in [-0.4, -0.2) is 45.3 Å². The number of nitriles is 1. The Kier molecular flexibility index (Phi) is 8.14. The number of benzene rings is 2. The van der Waals surface area contributed by atoms with E-state index < -0.39 is 18.8 Å². The number of aromatic nitrogens is 5. The molecule has 9 nitrogen and oxygen atoms in total. The highest BCUT2D eigenvalue weighted by Crippen LogP contribution is 2.38. The van der Waals surface area contributed by atoms with Gasteiger partial charge in [-0.15, -0.1) is 5.10 Å². The number of anilines is 2. The van der Waals surface area contributed by atoms with Gasteiger partial charge in [0.15, 0.2) is 0 Å². The number of alkyl halides is 1. The predicted octanol–water partition coefficient (Wildman–Crippen LogP) is 7.10. The largest absolute Gasteiger partial charge is 0.481 e. The van der Waals surface area contributed by atoms with Crippen molar-refractivity contribution in [3.05, 3.63) is 76.8 Å². The first-order valence-electron chi connectivity index (χ1n) is 13.6. The van der Waals surface area contributed by atoms with Gasteiger partial charge in [0.1, 0.15) is 18.4 Å². The molecular weight excluding hydrogens is 555 g/mol. The normalized spacial score (nSPS) is 13.1. The Morgan fingerprint density at radius 2 is 1.95 bits per heavy atom. The van der Waals surface area contributed by atoms with E-state index in [9.17, 15) is 9.65 Å². The van der Waals surface area contributed by atoms with Crippen LogP contribution in [0.2, 0.25) is 5.02 Å². The van der Waals surface area contributed by atoms with E-state index in [1.54, 1.807) is 32.5 Å². The Balaban J connectivity index is 1.67. The quantitative estimate of drug-likeness (QED) is 0.188. The third kappa shape index (κ3) is 5.78. The number of halogens is 2. The highest BCUT2D eigenvalue weighted by atomic mass is 35.5. The summed E-state index contributed by atoms with van der Waals surface area (Å²) in [6.07, 6.45) is 4.98. The molecule has 0 saturated carbocycles. The maximum absolute atomic E-state index is 13.5. The maximum Gasteiger partial charge on any atom is 0.221 e. The number of hydrogen-bond donors (Lipinski definition) is 2. The third-order valence-corrected chi connectivity index (χ3v) is 7.25. The first kappa shape index (κ1) is 29.0. The smallest absolute Gasteiger partial charge is 0.221 e. The maximum atomic E-state index is 13.5. The second-order valence-corrected chi connectivity index (χ2v) is 11.8. The number of nitrogens with zero attached hydrogens (tertiary/aromatic N) is 6. The third-order valence-electron chi connectivity index (χ3n) is 6.96. The van der Waals surface area contributed by atoms with Crippen molar-refractivity contribution in [3.63, 3.8) is 0 Å². The fraction of sp³-hybridized carbons (Fsp3) is 0.323. The minimum Gasteiger partial charge on any atom is -0.481 e. The standard InChI is InChI=1S/C31H32ClFN8O/c1-18(13-33)41-16-26(39-40-41)29(22-7-6-8-23-21(22)9-10-35-30(23)42-5)38-20-11-24-27(37-17-31(2,3)4)19(14-34)15-36-28(24)25(32)12-20/h6-12,15-16,18,29,38H,13,17H2,1-5H3,(H,36,37)/t18?,29-/m0/s1. The summed E-state index contributed by atoms with van der Waals surface area (Å²) in [5.41, 5.74) is 3.80. The molecule has 0 fully saturated rings. The van der Waals surface area contributed by atoms with E-state index in [0.29, 0.717) is 51.0 Å². The van der Waals surface area contributed by atoms with Crippen LogP contribution in [0.15, 0.2) is 55.0 Å². The topological polar surface area (TPSA) is 114 Å². The number of nitrogens with one attached hydrogen (secondary N) is 2. The van der Waals surface area contributed by atoms with Crippen molar-refractivity contribution in [2.45, 2.75) is 39.8 Å². The Hall–Kier alpha value is -4.49. The van der Waals surface area contributed by atoms with Crippen LogP contribution in [-0.2, 0) is 0 Å². The number of pyridine rings is 2. The minimum absolute atomic E-state index is 0.0279. The van der Waals surface area contributed by atoms with Gasteiger partial charge in [0.25, 0.3) is 0 Å². The van der Waals surface area contributed by atoms with Gasteiger partial charge in [0.05, 0.1) is 47.2 Å². The van der Waals surface area contributed by atoms with Gasteiger partial charge in [-0.2, -0.15) is 5.26 Å². The van der Waals surface area contributed by atoms with E-state index >= 15 is 0 Å². The zero-order valence-corrected chi connectivity index (χ0v) is 24.9. The zero-order chi connectivity index (χ0) is 30.0. The van der Waals surface area contributed by atoms with Crippen molar-refractivity contribution in [3.8, 4) is 11.9 Å². The predicted molar refractivity (Wildman–Crippen MR) is 164 cm³/mol. The van der Waals surface area contributed by atoms with Gasteiger partial charge in [-0.05, 0) is 47.6 Å². The summed E-state index contributed by atoms with van der Waals surface area (Å²) in [6, 6.07) is 12.8. The van der Waals surface area contributed by atoms with Gasteiger partial charge in [-0.25, -0.2) is 14.1 Å². The molecule has 2 N–H and O–H groups in total. The molecule has 2 atom stereocenters. The SMILES string of the molecule is COc1nccc2c([C@H](Nc3cc(Cl)c4ncc(C#N)c(NCC(C)(C)C)c4c3)c3cn(C(C)CF)nn3)cccc12. The molecular formula is C31H32ClFN8O. The molecule has 0 radical (unpaired) electrons. The summed E-state index contributed by atoms with van der Waals surface area (Å²) < 4.78 is 20.5. The molecule has 42 heavy (non-hydrogen) atoms. The average molecular weight is 587 g/mol. The van der Waals surface area contributed by atoms with Gasteiger partial charge < -0.3 is 15.4 Å². The van der Waals surface area contributed by atoms with Gasteiger partial charge in [0, 0.05) is 35.4 Å². The van der Waals surface area contributed by atoms with E-state index in [1.807, 2.05) is 30.3 Å². The zero-order valence-electron chi connectivity index (χ0n) is 24.1. The second-order valence-electron chi connectivity index (χ2n) is 11.4. The highest BCUT2D eigenvalue weighted by Gasteiger charge is 2.24. The number of rotatable bonds is 9. The Labute approximate surface area is 248 Å². The molecule has 11 heteroatoms. The van der Waals surface area contributed by atoms with E-state index in [4.69, 9.17) is 16.3 Å². The fourth-order valence-electron chi connectivity index (χ4n) is 4.78. The lowest BCUT2D eigenvalue weighted by molar-refractivity contribution is 0.351. The molecule has 3 aromatic heterocycles. The van der Waals surface area contributed by atoms with Crippen LogP contribution in [0.4, 0.5) is 15.8 Å². The molecule has 0 aliphatic heterocycles. The molecule has 0 amide bonds. The molecule has 1 unspecified atom stereocenters. The van der Waals surface area contributed by atoms with Crippen LogP contribution < -0.4 is 15.4 Å². The lowest BCUT2D eigenvalue weighted by atomic mass is 9.96.